The fourth-order valence-electron chi connectivity index (χ4n) is 8.96. The van der Waals surface area contributed by atoms with Gasteiger partial charge in [0.25, 0.3) is 0 Å². The van der Waals surface area contributed by atoms with E-state index in [1.807, 2.05) is 11.3 Å². The van der Waals surface area contributed by atoms with Gasteiger partial charge in [0.05, 0.1) is 0 Å². The van der Waals surface area contributed by atoms with Gasteiger partial charge in [0.1, 0.15) is 0 Å². The van der Waals surface area contributed by atoms with E-state index in [9.17, 15) is 0 Å². The molecule has 0 amide bonds. The lowest BCUT2D eigenvalue weighted by molar-refractivity contribution is 0.660. The van der Waals surface area contributed by atoms with Crippen molar-refractivity contribution in [1.82, 2.24) is 0 Å². The summed E-state index contributed by atoms with van der Waals surface area (Å²) >= 11 is 1.92. The lowest BCUT2D eigenvalue weighted by Crippen LogP contribution is -2.18. The number of fused-ring (bicyclic) bond motifs is 9. The van der Waals surface area contributed by atoms with Crippen LogP contribution in [0.2, 0.25) is 0 Å². The summed E-state index contributed by atoms with van der Waals surface area (Å²) in [6.07, 6.45) is 0. The zero-order valence-corrected chi connectivity index (χ0v) is 29.6. The number of benzene rings is 7. The third kappa shape index (κ3) is 4.06. The van der Waals surface area contributed by atoms with E-state index in [2.05, 4.69) is 184 Å². The molecule has 7 aromatic carbocycles. The monoisotopic (exact) mass is 659 g/mol. The maximum atomic E-state index is 2.50. The van der Waals surface area contributed by atoms with Gasteiger partial charge in [-0.05, 0) is 104 Å². The molecule has 1 heterocycles. The van der Waals surface area contributed by atoms with Gasteiger partial charge in [-0.3, -0.25) is 0 Å². The average Bonchev–Trinajstić information content (AvgIpc) is 3.71. The molecule has 2 aliphatic rings. The lowest BCUT2D eigenvalue weighted by atomic mass is 9.81. The summed E-state index contributed by atoms with van der Waals surface area (Å²) in [5, 5.41) is 2.71. The number of nitrogens with zero attached hydrogens (tertiary/aromatic N) is 1. The summed E-state index contributed by atoms with van der Waals surface area (Å²) in [7, 11) is 0. The Morgan fingerprint density at radius 3 is 1.76 bits per heavy atom. The lowest BCUT2D eigenvalue weighted by Gasteiger charge is -2.29. The molecule has 0 fully saturated rings. The van der Waals surface area contributed by atoms with Gasteiger partial charge in [0.2, 0.25) is 0 Å². The van der Waals surface area contributed by atoms with Crippen molar-refractivity contribution in [2.24, 2.45) is 0 Å². The number of anilines is 3. The molecule has 0 aliphatic heterocycles. The zero-order valence-electron chi connectivity index (χ0n) is 28.8. The van der Waals surface area contributed by atoms with Crippen LogP contribution in [-0.2, 0) is 10.8 Å². The van der Waals surface area contributed by atoms with Crippen LogP contribution in [0.1, 0.15) is 49.9 Å². The largest absolute Gasteiger partial charge is 0.310 e. The Bertz CT molecular complexity index is 2640. The Morgan fingerprint density at radius 1 is 0.420 bits per heavy atom. The third-order valence-corrected chi connectivity index (χ3v) is 12.6. The highest BCUT2D eigenvalue weighted by atomic mass is 32.1. The SMILES string of the molecule is CC1(C)c2ccccc2-c2ccc(N(c3ccccc3)c3ccc4c(c3)C(C)(C)c3cc5sc6ccccc6c5c(-c5ccccc5)c3-4)cc21. The molecule has 0 unspecified atom stereocenters. The molecule has 2 heteroatoms. The van der Waals surface area contributed by atoms with Crippen LogP contribution in [0, 0.1) is 0 Å². The topological polar surface area (TPSA) is 3.24 Å². The highest BCUT2D eigenvalue weighted by molar-refractivity contribution is 7.26. The minimum Gasteiger partial charge on any atom is -0.310 e. The highest BCUT2D eigenvalue weighted by Crippen LogP contribution is 2.58. The van der Waals surface area contributed by atoms with Crippen LogP contribution in [0.3, 0.4) is 0 Å². The normalized spacial score (nSPS) is 14.7. The summed E-state index contributed by atoms with van der Waals surface area (Å²) in [5.41, 5.74) is 16.9. The molecule has 2 aliphatic carbocycles. The second kappa shape index (κ2) is 10.5. The minimum absolute atomic E-state index is 0.0727. The first-order valence-electron chi connectivity index (χ1n) is 17.6. The Hall–Kier alpha value is -5.44. The van der Waals surface area contributed by atoms with Crippen molar-refractivity contribution in [3.8, 4) is 33.4 Å². The highest BCUT2D eigenvalue weighted by Gasteiger charge is 2.40. The number of thiophene rings is 1. The van der Waals surface area contributed by atoms with Crippen LogP contribution >= 0.6 is 11.3 Å². The fourth-order valence-corrected chi connectivity index (χ4v) is 10.1. The van der Waals surface area contributed by atoms with Crippen LogP contribution < -0.4 is 4.90 Å². The molecule has 10 rings (SSSR count). The number of para-hydroxylation sites is 1. The smallest absolute Gasteiger partial charge is 0.0465 e. The fraction of sp³-hybridized carbons (Fsp3) is 0.125. The van der Waals surface area contributed by atoms with E-state index in [1.165, 1.54) is 87.2 Å². The van der Waals surface area contributed by atoms with Gasteiger partial charge in [-0.2, -0.15) is 0 Å². The molecule has 0 atom stereocenters. The van der Waals surface area contributed by atoms with Crippen molar-refractivity contribution >= 4 is 48.6 Å². The third-order valence-electron chi connectivity index (χ3n) is 11.4. The molecule has 0 saturated carbocycles. The quantitative estimate of drug-likeness (QED) is 0.182. The standard InChI is InChI=1S/C48H37NS/c1-47(2)38-21-13-11-19-34(38)35-25-23-32(27-39(35)47)49(31-17-9-6-10-18-31)33-24-26-36-40(28-33)48(3,4)41-29-43-46(37-20-12-14-22-42(37)50-43)44(45(36)41)30-15-7-5-8-16-30/h5-29H,1-4H3. The summed E-state index contributed by atoms with van der Waals surface area (Å²) in [4.78, 5) is 2.45. The maximum absolute atomic E-state index is 2.50. The van der Waals surface area contributed by atoms with Crippen molar-refractivity contribution in [2.75, 3.05) is 4.90 Å². The molecule has 50 heavy (non-hydrogen) atoms. The van der Waals surface area contributed by atoms with E-state index in [4.69, 9.17) is 0 Å². The molecule has 0 N–H and O–H groups in total. The Kier molecular flexibility index (Phi) is 6.21. The number of hydrogen-bond acceptors (Lipinski definition) is 2. The summed E-state index contributed by atoms with van der Waals surface area (Å²) < 4.78 is 2.70. The molecule has 8 aromatic rings. The predicted molar refractivity (Wildman–Crippen MR) is 215 cm³/mol. The van der Waals surface area contributed by atoms with E-state index < -0.39 is 0 Å². The molecule has 0 bridgehead atoms. The second-order valence-electron chi connectivity index (χ2n) is 14.9. The van der Waals surface area contributed by atoms with Crippen LogP contribution in [0.15, 0.2) is 152 Å². The van der Waals surface area contributed by atoms with Crippen LogP contribution in [0.4, 0.5) is 17.1 Å². The summed E-state index contributed by atoms with van der Waals surface area (Å²) in [6, 6.07) is 56.5. The Balaban J connectivity index is 1.20. The van der Waals surface area contributed by atoms with Crippen molar-refractivity contribution in [3.63, 3.8) is 0 Å². The molecule has 1 nitrogen and oxygen atoms in total. The first-order valence-corrected chi connectivity index (χ1v) is 18.4. The molecular formula is C48H37NS. The van der Waals surface area contributed by atoms with Crippen LogP contribution in [0.25, 0.3) is 53.6 Å². The van der Waals surface area contributed by atoms with Gasteiger partial charge in [0.15, 0.2) is 0 Å². The predicted octanol–water partition coefficient (Wildman–Crippen LogP) is 13.8. The average molecular weight is 660 g/mol. The Morgan fingerprint density at radius 2 is 1.00 bits per heavy atom. The summed E-state index contributed by atoms with van der Waals surface area (Å²) in [5.74, 6) is 0. The van der Waals surface area contributed by atoms with Crippen molar-refractivity contribution in [1.29, 1.82) is 0 Å². The van der Waals surface area contributed by atoms with E-state index >= 15 is 0 Å². The molecule has 1 aromatic heterocycles. The number of hydrogen-bond donors (Lipinski definition) is 0. The zero-order chi connectivity index (χ0) is 33.8. The van der Waals surface area contributed by atoms with Gasteiger partial charge < -0.3 is 4.90 Å². The summed E-state index contributed by atoms with van der Waals surface area (Å²) in [6.45, 7) is 9.55. The van der Waals surface area contributed by atoms with Crippen LogP contribution in [0.5, 0.6) is 0 Å². The van der Waals surface area contributed by atoms with Crippen LogP contribution in [-0.4, -0.2) is 0 Å². The van der Waals surface area contributed by atoms with Crippen molar-refractivity contribution in [3.05, 3.63) is 174 Å². The van der Waals surface area contributed by atoms with E-state index in [0.717, 1.165) is 5.69 Å². The van der Waals surface area contributed by atoms with E-state index in [0.29, 0.717) is 0 Å². The van der Waals surface area contributed by atoms with E-state index in [-0.39, 0.29) is 10.8 Å². The van der Waals surface area contributed by atoms with Crippen molar-refractivity contribution in [2.45, 2.75) is 38.5 Å². The van der Waals surface area contributed by atoms with Gasteiger partial charge in [0, 0.05) is 48.1 Å². The van der Waals surface area contributed by atoms with E-state index in [1.54, 1.807) is 0 Å². The molecule has 0 spiro atoms. The minimum atomic E-state index is -0.182. The van der Waals surface area contributed by atoms with Gasteiger partial charge in [-0.25, -0.2) is 0 Å². The second-order valence-corrected chi connectivity index (χ2v) is 16.0. The number of rotatable bonds is 4. The molecule has 0 radical (unpaired) electrons. The maximum Gasteiger partial charge on any atom is 0.0465 e. The molecular weight excluding hydrogens is 623 g/mol. The molecule has 240 valence electrons. The van der Waals surface area contributed by atoms with Crippen molar-refractivity contribution < 1.29 is 0 Å². The first-order chi connectivity index (χ1) is 24.3. The van der Waals surface area contributed by atoms with Gasteiger partial charge in [-0.1, -0.05) is 131 Å². The molecule has 0 saturated heterocycles. The first kappa shape index (κ1) is 29.5. The van der Waals surface area contributed by atoms with Gasteiger partial charge >= 0.3 is 0 Å². The Labute approximate surface area is 298 Å². The van der Waals surface area contributed by atoms with Gasteiger partial charge in [-0.15, -0.1) is 11.3 Å².